The number of aliphatic hydroxyl groups is 1. The Morgan fingerprint density at radius 1 is 1.04 bits per heavy atom. The molecule has 0 amide bonds. The second-order valence-electron chi connectivity index (χ2n) is 8.28. The lowest BCUT2D eigenvalue weighted by molar-refractivity contribution is 0.0966. The number of benzene rings is 1. The fourth-order valence-corrected chi connectivity index (χ4v) is 4.21. The minimum Gasteiger partial charge on any atom is -0.390 e. The minimum absolute atomic E-state index is 0.279. The van der Waals surface area contributed by atoms with Crippen molar-refractivity contribution >= 4 is 0 Å². The van der Waals surface area contributed by atoms with E-state index in [1.807, 2.05) is 0 Å². The van der Waals surface area contributed by atoms with Crippen LogP contribution in [0.2, 0.25) is 0 Å². The molecule has 140 valence electrons. The molecule has 0 spiro atoms. The monoisotopic (exact) mass is 345 g/mol. The normalized spacial score (nSPS) is 21.4. The molecule has 1 aromatic rings. The average molecular weight is 346 g/mol. The molecule has 2 aliphatic rings. The maximum absolute atomic E-state index is 10.4. The van der Waals surface area contributed by atoms with Crippen molar-refractivity contribution in [3.05, 3.63) is 35.4 Å². The molecule has 0 bridgehead atoms. The quantitative estimate of drug-likeness (QED) is 0.794. The Kier molecular flexibility index (Phi) is 6.88. The molecule has 1 unspecified atom stereocenters. The molecule has 0 saturated carbocycles. The molecule has 1 saturated heterocycles. The number of rotatable bonds is 7. The summed E-state index contributed by atoms with van der Waals surface area (Å²) in [6, 6.07) is 9.26. The topological polar surface area (TPSA) is 38.7 Å². The van der Waals surface area contributed by atoms with E-state index in [-0.39, 0.29) is 6.10 Å². The van der Waals surface area contributed by atoms with Gasteiger partial charge in [-0.25, -0.2) is 0 Å². The van der Waals surface area contributed by atoms with E-state index >= 15 is 0 Å². The number of piperidine rings is 1. The van der Waals surface area contributed by atoms with Gasteiger partial charge >= 0.3 is 0 Å². The Labute approximate surface area is 153 Å². The van der Waals surface area contributed by atoms with Gasteiger partial charge in [-0.2, -0.15) is 0 Å². The van der Waals surface area contributed by atoms with Crippen LogP contribution < -0.4 is 5.32 Å². The van der Waals surface area contributed by atoms with Crippen LogP contribution in [0, 0.1) is 5.92 Å². The second-order valence-corrected chi connectivity index (χ2v) is 8.28. The second kappa shape index (κ2) is 9.13. The molecular weight excluding hydrogens is 310 g/mol. The third-order valence-electron chi connectivity index (χ3n) is 5.53. The van der Waals surface area contributed by atoms with E-state index in [0.717, 1.165) is 32.0 Å². The maximum Gasteiger partial charge on any atom is 0.0791 e. The molecule has 1 fully saturated rings. The van der Waals surface area contributed by atoms with Gasteiger partial charge in [-0.1, -0.05) is 38.1 Å². The molecule has 25 heavy (non-hydrogen) atoms. The molecule has 1 aromatic carbocycles. The van der Waals surface area contributed by atoms with Crippen LogP contribution in [0.3, 0.4) is 0 Å². The summed E-state index contributed by atoms with van der Waals surface area (Å²) >= 11 is 0. The third kappa shape index (κ3) is 5.78. The number of aliphatic hydroxyl groups excluding tert-OH is 1. The highest BCUT2D eigenvalue weighted by Crippen LogP contribution is 2.18. The van der Waals surface area contributed by atoms with Crippen LogP contribution >= 0.6 is 0 Å². The van der Waals surface area contributed by atoms with Gasteiger partial charge in [-0.05, 0) is 49.4 Å². The third-order valence-corrected chi connectivity index (χ3v) is 5.53. The van der Waals surface area contributed by atoms with Gasteiger partial charge in [0.2, 0.25) is 0 Å². The maximum atomic E-state index is 10.4. The van der Waals surface area contributed by atoms with Gasteiger partial charge in [-0.15, -0.1) is 0 Å². The van der Waals surface area contributed by atoms with E-state index < -0.39 is 0 Å². The van der Waals surface area contributed by atoms with Gasteiger partial charge in [0.1, 0.15) is 0 Å². The number of fused-ring (bicyclic) bond motifs is 1. The zero-order valence-electron chi connectivity index (χ0n) is 16.0. The van der Waals surface area contributed by atoms with Crippen LogP contribution in [0.1, 0.15) is 37.8 Å². The van der Waals surface area contributed by atoms with Gasteiger partial charge in [0, 0.05) is 38.8 Å². The van der Waals surface area contributed by atoms with Crippen molar-refractivity contribution in [1.82, 2.24) is 15.1 Å². The molecule has 0 aromatic heterocycles. The molecule has 2 N–H and O–H groups in total. The Morgan fingerprint density at radius 3 is 2.48 bits per heavy atom. The highest BCUT2D eigenvalue weighted by atomic mass is 16.3. The minimum atomic E-state index is -0.279. The van der Waals surface area contributed by atoms with Crippen LogP contribution in [0.4, 0.5) is 0 Å². The van der Waals surface area contributed by atoms with Crippen LogP contribution in [0.25, 0.3) is 0 Å². The predicted molar refractivity (Wildman–Crippen MR) is 104 cm³/mol. The standard InChI is InChI=1S/C21H35N3O/c1-17(2)14-23-11-8-20(9-12-23)22-13-21(25)16-24-10-7-18-5-3-4-6-19(18)15-24/h3-6,17,20-22,25H,7-16H2,1-2H3. The summed E-state index contributed by atoms with van der Waals surface area (Å²) in [6.45, 7) is 11.7. The lowest BCUT2D eigenvalue weighted by Crippen LogP contribution is -2.47. The first kappa shape index (κ1) is 18.8. The van der Waals surface area contributed by atoms with Gasteiger partial charge in [0.15, 0.2) is 0 Å². The van der Waals surface area contributed by atoms with Crippen LogP contribution in [0.15, 0.2) is 24.3 Å². The molecule has 2 heterocycles. The SMILES string of the molecule is CC(C)CN1CCC(NCC(O)CN2CCc3ccccc3C2)CC1. The zero-order valence-corrected chi connectivity index (χ0v) is 16.0. The van der Waals surface area contributed by atoms with E-state index in [0.29, 0.717) is 12.6 Å². The molecule has 2 aliphatic heterocycles. The number of nitrogens with one attached hydrogen (secondary N) is 1. The summed E-state index contributed by atoms with van der Waals surface area (Å²) in [5.41, 5.74) is 2.89. The van der Waals surface area contributed by atoms with Gasteiger partial charge in [0.05, 0.1) is 6.10 Å². The first-order valence-corrected chi connectivity index (χ1v) is 10.0. The Balaban J connectivity index is 1.35. The summed E-state index contributed by atoms with van der Waals surface area (Å²) in [7, 11) is 0. The summed E-state index contributed by atoms with van der Waals surface area (Å²) in [6.07, 6.45) is 3.23. The van der Waals surface area contributed by atoms with Gasteiger partial charge in [0.25, 0.3) is 0 Å². The number of likely N-dealkylation sites (tertiary alicyclic amines) is 1. The average Bonchev–Trinajstić information content (AvgIpc) is 2.60. The summed E-state index contributed by atoms with van der Waals surface area (Å²) in [4.78, 5) is 4.96. The van der Waals surface area contributed by atoms with Crippen molar-refractivity contribution in [2.75, 3.05) is 39.3 Å². The van der Waals surface area contributed by atoms with Crippen molar-refractivity contribution in [1.29, 1.82) is 0 Å². The zero-order chi connectivity index (χ0) is 17.6. The largest absolute Gasteiger partial charge is 0.390 e. The van der Waals surface area contributed by atoms with E-state index in [9.17, 15) is 5.11 Å². The van der Waals surface area contributed by atoms with Gasteiger partial charge in [-0.3, -0.25) is 4.90 Å². The van der Waals surface area contributed by atoms with Crippen LogP contribution in [0.5, 0.6) is 0 Å². The summed E-state index contributed by atoms with van der Waals surface area (Å²) in [5.74, 6) is 0.751. The smallest absolute Gasteiger partial charge is 0.0791 e. The van der Waals surface area contributed by atoms with Gasteiger partial charge < -0.3 is 15.3 Å². The van der Waals surface area contributed by atoms with E-state index in [1.54, 1.807) is 0 Å². The van der Waals surface area contributed by atoms with Crippen molar-refractivity contribution in [2.24, 2.45) is 5.92 Å². The molecule has 0 radical (unpaired) electrons. The predicted octanol–water partition coefficient (Wildman–Crippen LogP) is 2.12. The van der Waals surface area contributed by atoms with Crippen molar-refractivity contribution in [3.8, 4) is 0 Å². The molecule has 1 atom stereocenters. The highest BCUT2D eigenvalue weighted by molar-refractivity contribution is 5.29. The van der Waals surface area contributed by atoms with Crippen molar-refractivity contribution < 1.29 is 5.11 Å². The van der Waals surface area contributed by atoms with E-state index in [2.05, 4.69) is 53.2 Å². The molecule has 3 rings (SSSR count). The molecule has 4 nitrogen and oxygen atoms in total. The first-order chi connectivity index (χ1) is 12.1. The molecule has 0 aliphatic carbocycles. The number of nitrogens with zero attached hydrogens (tertiary/aromatic N) is 2. The Morgan fingerprint density at radius 2 is 1.76 bits per heavy atom. The Hall–Kier alpha value is -0.940. The van der Waals surface area contributed by atoms with E-state index in [4.69, 9.17) is 0 Å². The number of hydrogen-bond donors (Lipinski definition) is 2. The van der Waals surface area contributed by atoms with Crippen molar-refractivity contribution in [3.63, 3.8) is 0 Å². The number of hydrogen-bond acceptors (Lipinski definition) is 4. The van der Waals surface area contributed by atoms with Crippen LogP contribution in [-0.2, 0) is 13.0 Å². The lowest BCUT2D eigenvalue weighted by atomic mass is 9.99. The fraction of sp³-hybridized carbons (Fsp3) is 0.714. The molecular formula is C21H35N3O. The van der Waals surface area contributed by atoms with Crippen molar-refractivity contribution in [2.45, 2.75) is 51.8 Å². The summed E-state index contributed by atoms with van der Waals surface area (Å²) in [5, 5.41) is 14.0. The first-order valence-electron chi connectivity index (χ1n) is 10.0. The van der Waals surface area contributed by atoms with Crippen LogP contribution in [-0.4, -0.2) is 66.3 Å². The number of β-amino-alcohol motifs (C(OH)–C–C–N with tert-alkyl or cyclic N) is 1. The van der Waals surface area contributed by atoms with E-state index in [1.165, 1.54) is 43.6 Å². The lowest BCUT2D eigenvalue weighted by Gasteiger charge is -2.34. The summed E-state index contributed by atoms with van der Waals surface area (Å²) < 4.78 is 0. The molecule has 4 heteroatoms. The Bertz CT molecular complexity index is 526. The fourth-order valence-electron chi connectivity index (χ4n) is 4.21. The highest BCUT2D eigenvalue weighted by Gasteiger charge is 2.22.